The molecule has 24 heavy (non-hydrogen) atoms. The van der Waals surface area contributed by atoms with Crippen molar-refractivity contribution in [3.63, 3.8) is 0 Å². The quantitative estimate of drug-likeness (QED) is 0.858. The van der Waals surface area contributed by atoms with E-state index in [1.807, 2.05) is 24.5 Å². The summed E-state index contributed by atoms with van der Waals surface area (Å²) in [5, 5.41) is 0. The minimum Gasteiger partial charge on any atom is -0.371 e. The summed E-state index contributed by atoms with van der Waals surface area (Å²) in [7, 11) is 0. The highest BCUT2D eigenvalue weighted by molar-refractivity contribution is 5.36. The number of hydrogen-bond acceptors (Lipinski definition) is 6. The number of hydrogen-bond donors (Lipinski definition) is 0. The highest BCUT2D eigenvalue weighted by Gasteiger charge is 2.44. The second-order valence-corrected chi connectivity index (χ2v) is 6.58. The Morgan fingerprint density at radius 1 is 1.25 bits per heavy atom. The highest BCUT2D eigenvalue weighted by Crippen LogP contribution is 2.37. The predicted molar refractivity (Wildman–Crippen MR) is 89.6 cm³/mol. The summed E-state index contributed by atoms with van der Waals surface area (Å²) in [6.45, 7) is 3.11. The zero-order chi connectivity index (χ0) is 16.2. The summed E-state index contributed by atoms with van der Waals surface area (Å²) in [5.74, 6) is 0.930. The van der Waals surface area contributed by atoms with Crippen LogP contribution in [0, 0.1) is 0 Å². The van der Waals surface area contributed by atoms with E-state index in [0.29, 0.717) is 13.2 Å². The Bertz CT molecular complexity index is 655. The SMILES string of the molecule is c1cncc(COC2COC3(CCCN(c4cnccn4)C3)C2)c1. The van der Waals surface area contributed by atoms with E-state index in [0.717, 1.165) is 43.7 Å². The first-order valence-electron chi connectivity index (χ1n) is 8.48. The molecule has 2 fully saturated rings. The van der Waals surface area contributed by atoms with Crippen molar-refractivity contribution in [2.45, 2.75) is 37.6 Å². The van der Waals surface area contributed by atoms with Gasteiger partial charge in [-0.2, -0.15) is 0 Å². The first-order valence-corrected chi connectivity index (χ1v) is 8.48. The molecule has 0 aliphatic carbocycles. The molecule has 6 heteroatoms. The van der Waals surface area contributed by atoms with Gasteiger partial charge in [0.15, 0.2) is 0 Å². The lowest BCUT2D eigenvalue weighted by atomic mass is 9.89. The Balaban J connectivity index is 1.36. The van der Waals surface area contributed by atoms with Crippen molar-refractivity contribution in [3.8, 4) is 0 Å². The van der Waals surface area contributed by atoms with Crippen molar-refractivity contribution >= 4 is 5.82 Å². The zero-order valence-electron chi connectivity index (χ0n) is 13.7. The van der Waals surface area contributed by atoms with Crippen LogP contribution >= 0.6 is 0 Å². The lowest BCUT2D eigenvalue weighted by Crippen LogP contribution is -2.48. The highest BCUT2D eigenvalue weighted by atomic mass is 16.6. The zero-order valence-corrected chi connectivity index (χ0v) is 13.7. The minimum atomic E-state index is -0.116. The van der Waals surface area contributed by atoms with E-state index in [-0.39, 0.29) is 11.7 Å². The first-order chi connectivity index (χ1) is 11.8. The van der Waals surface area contributed by atoms with Gasteiger partial charge in [0.25, 0.3) is 0 Å². The summed E-state index contributed by atoms with van der Waals surface area (Å²) in [6, 6.07) is 3.97. The van der Waals surface area contributed by atoms with Crippen molar-refractivity contribution in [3.05, 3.63) is 48.7 Å². The fourth-order valence-electron chi connectivity index (χ4n) is 3.64. The third kappa shape index (κ3) is 3.39. The molecule has 2 aromatic heterocycles. The van der Waals surface area contributed by atoms with Crippen LogP contribution in [0.5, 0.6) is 0 Å². The van der Waals surface area contributed by atoms with E-state index in [9.17, 15) is 0 Å². The van der Waals surface area contributed by atoms with Gasteiger partial charge in [0.2, 0.25) is 0 Å². The van der Waals surface area contributed by atoms with Gasteiger partial charge >= 0.3 is 0 Å². The molecule has 2 atom stereocenters. The summed E-state index contributed by atoms with van der Waals surface area (Å²) < 4.78 is 12.2. The Morgan fingerprint density at radius 2 is 2.21 bits per heavy atom. The molecular formula is C18H22N4O2. The Morgan fingerprint density at radius 3 is 3.04 bits per heavy atom. The second-order valence-electron chi connectivity index (χ2n) is 6.58. The van der Waals surface area contributed by atoms with Crippen LogP contribution in [-0.2, 0) is 16.1 Å². The standard InChI is InChI=1S/C18H22N4O2/c1-3-15(10-19-5-1)12-23-16-9-18(24-13-16)4-2-8-22(14-18)17-11-20-6-7-21-17/h1,3,5-7,10-11,16H,2,4,8-9,12-14H2. The molecule has 1 spiro atoms. The smallest absolute Gasteiger partial charge is 0.147 e. The fraction of sp³-hybridized carbons (Fsp3) is 0.500. The van der Waals surface area contributed by atoms with Crippen molar-refractivity contribution in [2.24, 2.45) is 0 Å². The summed E-state index contributed by atoms with van der Waals surface area (Å²) in [4.78, 5) is 15.0. The summed E-state index contributed by atoms with van der Waals surface area (Å²) in [6.07, 6.45) is 12.2. The summed E-state index contributed by atoms with van der Waals surface area (Å²) in [5.41, 5.74) is 0.985. The van der Waals surface area contributed by atoms with Crippen molar-refractivity contribution in [1.29, 1.82) is 0 Å². The molecule has 2 unspecified atom stereocenters. The van der Waals surface area contributed by atoms with Crippen LogP contribution in [0.15, 0.2) is 43.1 Å². The maximum atomic E-state index is 6.20. The Hall–Kier alpha value is -2.05. The topological polar surface area (TPSA) is 60.4 Å². The number of anilines is 1. The first kappa shape index (κ1) is 15.5. The van der Waals surface area contributed by atoms with Crippen LogP contribution in [0.4, 0.5) is 5.82 Å². The molecular weight excluding hydrogens is 304 g/mol. The van der Waals surface area contributed by atoms with Gasteiger partial charge in [0, 0.05) is 44.3 Å². The van der Waals surface area contributed by atoms with Gasteiger partial charge < -0.3 is 14.4 Å². The molecule has 0 radical (unpaired) electrons. The Kier molecular flexibility index (Phi) is 4.40. The molecule has 0 bridgehead atoms. The molecule has 2 saturated heterocycles. The van der Waals surface area contributed by atoms with E-state index in [4.69, 9.17) is 9.47 Å². The van der Waals surface area contributed by atoms with Crippen LogP contribution in [0.1, 0.15) is 24.8 Å². The van der Waals surface area contributed by atoms with Crippen LogP contribution in [0.25, 0.3) is 0 Å². The fourth-order valence-corrected chi connectivity index (χ4v) is 3.64. The average molecular weight is 326 g/mol. The number of piperidine rings is 1. The molecule has 6 nitrogen and oxygen atoms in total. The molecule has 126 valence electrons. The third-order valence-electron chi connectivity index (χ3n) is 4.80. The maximum Gasteiger partial charge on any atom is 0.147 e. The molecule has 2 aliphatic heterocycles. The van der Waals surface area contributed by atoms with Gasteiger partial charge in [0.05, 0.1) is 31.1 Å². The number of pyridine rings is 1. The molecule has 0 amide bonds. The molecule has 4 rings (SSSR count). The Labute approximate surface area is 141 Å². The number of ether oxygens (including phenoxy) is 2. The molecule has 2 aliphatic rings. The van der Waals surface area contributed by atoms with Crippen LogP contribution < -0.4 is 4.90 Å². The lowest BCUT2D eigenvalue weighted by Gasteiger charge is -2.40. The van der Waals surface area contributed by atoms with Gasteiger partial charge in [-0.15, -0.1) is 0 Å². The van der Waals surface area contributed by atoms with Crippen LogP contribution in [-0.4, -0.2) is 46.4 Å². The van der Waals surface area contributed by atoms with Gasteiger partial charge in [-0.3, -0.25) is 9.97 Å². The van der Waals surface area contributed by atoms with E-state index >= 15 is 0 Å². The van der Waals surface area contributed by atoms with Gasteiger partial charge in [-0.1, -0.05) is 6.07 Å². The van der Waals surface area contributed by atoms with E-state index in [1.165, 1.54) is 0 Å². The van der Waals surface area contributed by atoms with Gasteiger partial charge in [-0.05, 0) is 24.5 Å². The van der Waals surface area contributed by atoms with Crippen molar-refractivity contribution in [1.82, 2.24) is 15.0 Å². The average Bonchev–Trinajstić information content (AvgIpc) is 3.04. The van der Waals surface area contributed by atoms with E-state index < -0.39 is 0 Å². The second kappa shape index (κ2) is 6.83. The van der Waals surface area contributed by atoms with Crippen molar-refractivity contribution in [2.75, 3.05) is 24.6 Å². The van der Waals surface area contributed by atoms with Crippen molar-refractivity contribution < 1.29 is 9.47 Å². The molecule has 0 N–H and O–H groups in total. The third-order valence-corrected chi connectivity index (χ3v) is 4.80. The molecule has 2 aromatic rings. The predicted octanol–water partition coefficient (Wildman–Crippen LogP) is 2.22. The monoisotopic (exact) mass is 326 g/mol. The number of aromatic nitrogens is 3. The van der Waals surface area contributed by atoms with Gasteiger partial charge in [-0.25, -0.2) is 4.98 Å². The number of rotatable bonds is 4. The van der Waals surface area contributed by atoms with Gasteiger partial charge in [0.1, 0.15) is 5.82 Å². The molecule has 0 aromatic carbocycles. The maximum absolute atomic E-state index is 6.20. The van der Waals surface area contributed by atoms with Crippen LogP contribution in [0.3, 0.4) is 0 Å². The largest absolute Gasteiger partial charge is 0.371 e. The van der Waals surface area contributed by atoms with E-state index in [2.05, 4.69) is 19.9 Å². The van der Waals surface area contributed by atoms with Crippen LogP contribution in [0.2, 0.25) is 0 Å². The number of nitrogens with zero attached hydrogens (tertiary/aromatic N) is 4. The molecule has 4 heterocycles. The van der Waals surface area contributed by atoms with E-state index in [1.54, 1.807) is 18.6 Å². The minimum absolute atomic E-state index is 0.116. The molecule has 0 saturated carbocycles. The normalized spacial score (nSPS) is 26.8. The summed E-state index contributed by atoms with van der Waals surface area (Å²) >= 11 is 0. The lowest BCUT2D eigenvalue weighted by molar-refractivity contribution is -0.0137.